The molecule has 2 heterocycles. The van der Waals surface area contributed by atoms with Crippen molar-refractivity contribution in [2.24, 2.45) is 5.92 Å². The van der Waals surface area contributed by atoms with E-state index in [-0.39, 0.29) is 5.91 Å². The molecular weight excluding hydrogens is 336 g/mol. The zero-order chi connectivity index (χ0) is 19.2. The van der Waals surface area contributed by atoms with Crippen molar-refractivity contribution in [1.29, 1.82) is 0 Å². The number of fused-ring (bicyclic) bond motifs is 1. The number of carbonyl (C=O) groups is 1. The summed E-state index contributed by atoms with van der Waals surface area (Å²) >= 11 is 0. The summed E-state index contributed by atoms with van der Waals surface area (Å²) in [5.74, 6) is 1.55. The lowest BCUT2D eigenvalue weighted by Gasteiger charge is -2.37. The summed E-state index contributed by atoms with van der Waals surface area (Å²) in [6.45, 7) is 12.5. The van der Waals surface area contributed by atoms with E-state index in [0.29, 0.717) is 19.0 Å². The van der Waals surface area contributed by atoms with Gasteiger partial charge >= 0.3 is 0 Å². The first-order chi connectivity index (χ1) is 13.2. The van der Waals surface area contributed by atoms with Crippen molar-refractivity contribution in [3.63, 3.8) is 0 Å². The van der Waals surface area contributed by atoms with Crippen LogP contribution in [-0.2, 0) is 17.6 Å². The van der Waals surface area contributed by atoms with Gasteiger partial charge < -0.3 is 9.80 Å². The fourth-order valence-corrected chi connectivity index (χ4v) is 4.00. The number of allylic oxidation sites excluding steroid dienone is 5. The van der Waals surface area contributed by atoms with Gasteiger partial charge in [0.25, 0.3) is 0 Å². The summed E-state index contributed by atoms with van der Waals surface area (Å²) in [6.07, 6.45) is 14.3. The Morgan fingerprint density at radius 1 is 1.22 bits per heavy atom. The van der Waals surface area contributed by atoms with E-state index in [1.807, 2.05) is 17.1 Å². The minimum Gasteiger partial charge on any atom is -0.353 e. The standard InChI is InChI=1S/C22H28N4O/c1-4-7-8-17(5-2)18-9-10-19-20(15-18)23-16-24-22(19)26-13-11-25(12-14-26)21(27)6-3/h4-8,16,18H,1,3,9-15H2,2H3/b8-7-,17-5+. The quantitative estimate of drug-likeness (QED) is 0.595. The lowest BCUT2D eigenvalue weighted by Crippen LogP contribution is -2.49. The predicted octanol–water partition coefficient (Wildman–Crippen LogP) is 3.10. The molecule has 1 atom stereocenters. The number of hydrogen-bond donors (Lipinski definition) is 0. The zero-order valence-electron chi connectivity index (χ0n) is 16.1. The van der Waals surface area contributed by atoms with Gasteiger partial charge in [0.2, 0.25) is 5.91 Å². The molecule has 5 heteroatoms. The van der Waals surface area contributed by atoms with Crippen LogP contribution >= 0.6 is 0 Å². The number of carbonyl (C=O) groups excluding carboxylic acids is 1. The van der Waals surface area contributed by atoms with Gasteiger partial charge in [-0.1, -0.05) is 37.5 Å². The molecule has 1 unspecified atom stereocenters. The third-order valence-electron chi connectivity index (χ3n) is 5.49. The Morgan fingerprint density at radius 3 is 2.67 bits per heavy atom. The molecule has 0 saturated carbocycles. The van der Waals surface area contributed by atoms with Gasteiger partial charge in [0.1, 0.15) is 12.1 Å². The van der Waals surface area contributed by atoms with E-state index < -0.39 is 0 Å². The molecule has 1 aromatic heterocycles. The summed E-state index contributed by atoms with van der Waals surface area (Å²) in [5.41, 5.74) is 3.78. The highest BCUT2D eigenvalue weighted by Gasteiger charge is 2.28. The predicted molar refractivity (Wildman–Crippen MR) is 110 cm³/mol. The van der Waals surface area contributed by atoms with Crippen molar-refractivity contribution in [2.75, 3.05) is 31.1 Å². The molecule has 0 aromatic carbocycles. The SMILES string of the molecule is C=C/C=C\C(=C/C)C1CCc2c(ncnc2N2CCN(C(=O)C=C)CC2)C1. The average Bonchev–Trinajstić information content (AvgIpc) is 2.73. The van der Waals surface area contributed by atoms with Crippen LogP contribution in [0, 0.1) is 5.92 Å². The molecule has 1 aliphatic heterocycles. The minimum atomic E-state index is 0.00803. The van der Waals surface area contributed by atoms with E-state index in [4.69, 9.17) is 0 Å². The Morgan fingerprint density at radius 2 is 2.00 bits per heavy atom. The third-order valence-corrected chi connectivity index (χ3v) is 5.49. The largest absolute Gasteiger partial charge is 0.353 e. The van der Waals surface area contributed by atoms with Crippen LogP contribution in [0.15, 0.2) is 55.4 Å². The van der Waals surface area contributed by atoms with Crippen molar-refractivity contribution in [3.05, 3.63) is 66.7 Å². The maximum Gasteiger partial charge on any atom is 0.246 e. The monoisotopic (exact) mass is 364 g/mol. The van der Waals surface area contributed by atoms with Crippen LogP contribution in [-0.4, -0.2) is 47.0 Å². The third kappa shape index (κ3) is 4.18. The first kappa shape index (κ1) is 19.1. The lowest BCUT2D eigenvalue weighted by molar-refractivity contribution is -0.126. The smallest absolute Gasteiger partial charge is 0.246 e. The highest BCUT2D eigenvalue weighted by Crippen LogP contribution is 2.34. The van der Waals surface area contributed by atoms with Gasteiger partial charge in [0, 0.05) is 37.4 Å². The molecule has 1 fully saturated rings. The van der Waals surface area contributed by atoms with Crippen LogP contribution in [0.3, 0.4) is 0 Å². The zero-order valence-corrected chi connectivity index (χ0v) is 16.1. The maximum atomic E-state index is 11.8. The number of hydrogen-bond acceptors (Lipinski definition) is 4. The van der Waals surface area contributed by atoms with Crippen molar-refractivity contribution in [1.82, 2.24) is 14.9 Å². The second kappa shape index (κ2) is 8.80. The lowest BCUT2D eigenvalue weighted by atomic mass is 9.82. The van der Waals surface area contributed by atoms with E-state index in [2.05, 4.69) is 47.1 Å². The fourth-order valence-electron chi connectivity index (χ4n) is 4.00. The van der Waals surface area contributed by atoms with Crippen molar-refractivity contribution >= 4 is 11.7 Å². The number of rotatable bonds is 5. The Hall–Kier alpha value is -2.69. The van der Waals surface area contributed by atoms with E-state index >= 15 is 0 Å². The molecule has 1 amide bonds. The second-order valence-electron chi connectivity index (χ2n) is 6.96. The topological polar surface area (TPSA) is 49.3 Å². The van der Waals surface area contributed by atoms with Crippen molar-refractivity contribution in [2.45, 2.75) is 26.2 Å². The van der Waals surface area contributed by atoms with Gasteiger partial charge in [0.15, 0.2) is 0 Å². The van der Waals surface area contributed by atoms with Crippen LogP contribution in [0.25, 0.3) is 0 Å². The molecule has 0 N–H and O–H groups in total. The van der Waals surface area contributed by atoms with Gasteiger partial charge in [-0.05, 0) is 43.8 Å². The summed E-state index contributed by atoms with van der Waals surface area (Å²) in [5, 5.41) is 0. The van der Waals surface area contributed by atoms with E-state index in [1.165, 1.54) is 17.2 Å². The summed E-state index contributed by atoms with van der Waals surface area (Å²) < 4.78 is 0. The number of nitrogens with zero attached hydrogens (tertiary/aromatic N) is 4. The van der Waals surface area contributed by atoms with Crippen molar-refractivity contribution in [3.8, 4) is 0 Å². The van der Waals surface area contributed by atoms with Gasteiger partial charge in [-0.25, -0.2) is 9.97 Å². The Bertz CT molecular complexity index is 773. The number of amides is 1. The molecule has 3 rings (SSSR count). The van der Waals surface area contributed by atoms with Crippen molar-refractivity contribution < 1.29 is 4.79 Å². The van der Waals surface area contributed by atoms with Gasteiger partial charge in [-0.2, -0.15) is 0 Å². The molecule has 142 valence electrons. The van der Waals surface area contributed by atoms with Crippen LogP contribution < -0.4 is 4.90 Å². The first-order valence-electron chi connectivity index (χ1n) is 9.62. The molecular formula is C22H28N4O. The molecule has 1 aliphatic carbocycles. The molecule has 0 radical (unpaired) electrons. The van der Waals surface area contributed by atoms with Gasteiger partial charge in [-0.15, -0.1) is 0 Å². The molecule has 27 heavy (non-hydrogen) atoms. The highest BCUT2D eigenvalue weighted by molar-refractivity contribution is 5.87. The Labute approximate surface area is 161 Å². The maximum absolute atomic E-state index is 11.8. The van der Waals surface area contributed by atoms with Crippen LogP contribution in [0.4, 0.5) is 5.82 Å². The highest BCUT2D eigenvalue weighted by atomic mass is 16.2. The summed E-state index contributed by atoms with van der Waals surface area (Å²) in [4.78, 5) is 25.1. The number of aromatic nitrogens is 2. The van der Waals surface area contributed by atoms with Crippen LogP contribution in [0.1, 0.15) is 24.6 Å². The van der Waals surface area contributed by atoms with Crippen LogP contribution in [0.5, 0.6) is 0 Å². The van der Waals surface area contributed by atoms with Gasteiger partial charge in [0.05, 0.1) is 0 Å². The molecule has 5 nitrogen and oxygen atoms in total. The fraction of sp³-hybridized carbons (Fsp3) is 0.409. The van der Waals surface area contributed by atoms with Gasteiger partial charge in [-0.3, -0.25) is 4.79 Å². The first-order valence-corrected chi connectivity index (χ1v) is 9.62. The number of piperazine rings is 1. The summed E-state index contributed by atoms with van der Waals surface area (Å²) in [7, 11) is 0. The molecule has 0 spiro atoms. The Balaban J connectivity index is 1.74. The van der Waals surface area contributed by atoms with E-state index in [0.717, 1.165) is 43.9 Å². The average molecular weight is 364 g/mol. The molecule has 1 aromatic rings. The minimum absolute atomic E-state index is 0.00803. The van der Waals surface area contributed by atoms with Crippen LogP contribution in [0.2, 0.25) is 0 Å². The normalized spacial score (nSPS) is 20.5. The summed E-state index contributed by atoms with van der Waals surface area (Å²) in [6, 6.07) is 0. The molecule has 1 saturated heterocycles. The number of anilines is 1. The second-order valence-corrected chi connectivity index (χ2v) is 6.96. The molecule has 0 bridgehead atoms. The van der Waals surface area contributed by atoms with E-state index in [9.17, 15) is 4.79 Å². The molecule has 2 aliphatic rings. The van der Waals surface area contributed by atoms with E-state index in [1.54, 1.807) is 6.33 Å². The Kier molecular flexibility index (Phi) is 6.22.